The molecule has 0 aromatic carbocycles. The smallest absolute Gasteiger partial charge is 0.0713 e. The third kappa shape index (κ3) is 1.86. The monoisotopic (exact) mass is 179 g/mol. The van der Waals surface area contributed by atoms with Gasteiger partial charge in [0, 0.05) is 0 Å². The molecule has 72 valence electrons. The maximum Gasteiger partial charge on any atom is 0.0713 e. The van der Waals surface area contributed by atoms with Crippen LogP contribution >= 0.6 is 0 Å². The van der Waals surface area contributed by atoms with Crippen LogP contribution in [-0.4, -0.2) is 11.7 Å². The number of nitriles is 1. The van der Waals surface area contributed by atoms with Gasteiger partial charge in [-0.1, -0.05) is 19.3 Å². The number of ether oxygens (including phenoxy) is 1. The summed E-state index contributed by atoms with van der Waals surface area (Å²) in [4.78, 5) is 0. The number of nitrogens with zero attached hydrogens (tertiary/aromatic N) is 1. The van der Waals surface area contributed by atoms with Crippen LogP contribution in [0.3, 0.4) is 0 Å². The van der Waals surface area contributed by atoms with Crippen LogP contribution in [0.25, 0.3) is 0 Å². The largest absolute Gasteiger partial charge is 0.371 e. The lowest BCUT2D eigenvalue weighted by Gasteiger charge is -2.33. The maximum atomic E-state index is 8.58. The van der Waals surface area contributed by atoms with Gasteiger partial charge in [0.1, 0.15) is 0 Å². The van der Waals surface area contributed by atoms with E-state index in [9.17, 15) is 0 Å². The van der Waals surface area contributed by atoms with Crippen LogP contribution in [0.5, 0.6) is 0 Å². The van der Waals surface area contributed by atoms with Crippen molar-refractivity contribution in [2.45, 2.75) is 63.1 Å². The van der Waals surface area contributed by atoms with E-state index in [1.54, 1.807) is 0 Å². The molecule has 1 saturated heterocycles. The van der Waals surface area contributed by atoms with E-state index in [2.05, 4.69) is 6.07 Å². The first-order chi connectivity index (χ1) is 6.35. The molecule has 0 aromatic rings. The van der Waals surface area contributed by atoms with Gasteiger partial charge in [0.2, 0.25) is 0 Å². The summed E-state index contributed by atoms with van der Waals surface area (Å²) >= 11 is 0. The van der Waals surface area contributed by atoms with E-state index in [1.165, 1.54) is 38.5 Å². The zero-order valence-corrected chi connectivity index (χ0v) is 8.09. The minimum Gasteiger partial charge on any atom is -0.371 e. The van der Waals surface area contributed by atoms with Crippen molar-refractivity contribution in [3.05, 3.63) is 0 Å². The normalized spacial score (nSPS) is 31.8. The Morgan fingerprint density at radius 1 is 1.23 bits per heavy atom. The quantitative estimate of drug-likeness (QED) is 0.620. The summed E-state index contributed by atoms with van der Waals surface area (Å²) in [5.41, 5.74) is 0.194. The fourth-order valence-electron chi connectivity index (χ4n) is 2.70. The zero-order valence-electron chi connectivity index (χ0n) is 8.09. The van der Waals surface area contributed by atoms with Gasteiger partial charge in [0.05, 0.1) is 24.2 Å². The molecular formula is C11H17NO. The lowest BCUT2D eigenvalue weighted by molar-refractivity contribution is -0.0615. The Bertz CT molecular complexity index is 213. The Labute approximate surface area is 79.9 Å². The van der Waals surface area contributed by atoms with E-state index < -0.39 is 0 Å². The molecule has 1 atom stereocenters. The molecule has 13 heavy (non-hydrogen) atoms. The molecule has 2 rings (SSSR count). The highest BCUT2D eigenvalue weighted by molar-refractivity contribution is 4.93. The standard InChI is InChI=1S/C11H17NO/c12-9-5-10-4-8-11(13-10)6-2-1-3-7-11/h10H,1-8H2. The van der Waals surface area contributed by atoms with Gasteiger partial charge in [-0.3, -0.25) is 0 Å². The lowest BCUT2D eigenvalue weighted by atomic mass is 9.83. The molecule has 1 heterocycles. The molecule has 2 fully saturated rings. The van der Waals surface area contributed by atoms with Crippen LogP contribution in [0.15, 0.2) is 0 Å². The fraction of sp³-hybridized carbons (Fsp3) is 0.909. The van der Waals surface area contributed by atoms with Gasteiger partial charge >= 0.3 is 0 Å². The van der Waals surface area contributed by atoms with Crippen LogP contribution in [0.1, 0.15) is 51.4 Å². The molecule has 2 nitrogen and oxygen atoms in total. The second kappa shape index (κ2) is 3.67. The van der Waals surface area contributed by atoms with E-state index in [0.717, 1.165) is 6.42 Å². The van der Waals surface area contributed by atoms with Crippen LogP contribution in [0, 0.1) is 11.3 Å². The number of rotatable bonds is 1. The number of hydrogen-bond acceptors (Lipinski definition) is 2. The first-order valence-corrected chi connectivity index (χ1v) is 5.39. The molecule has 0 aromatic heterocycles. The molecule has 1 unspecified atom stereocenters. The Morgan fingerprint density at radius 2 is 2.00 bits per heavy atom. The summed E-state index contributed by atoms with van der Waals surface area (Å²) in [6.45, 7) is 0. The Balaban J connectivity index is 1.91. The van der Waals surface area contributed by atoms with Crippen molar-refractivity contribution in [1.82, 2.24) is 0 Å². The number of hydrogen-bond donors (Lipinski definition) is 0. The molecular weight excluding hydrogens is 162 g/mol. The summed E-state index contributed by atoms with van der Waals surface area (Å²) in [7, 11) is 0. The zero-order chi connectivity index (χ0) is 9.15. The maximum absolute atomic E-state index is 8.58. The van der Waals surface area contributed by atoms with Crippen LogP contribution in [0.2, 0.25) is 0 Å². The van der Waals surface area contributed by atoms with E-state index in [-0.39, 0.29) is 11.7 Å². The molecule has 0 N–H and O–H groups in total. The van der Waals surface area contributed by atoms with Crippen molar-refractivity contribution in [2.24, 2.45) is 0 Å². The highest BCUT2D eigenvalue weighted by Gasteiger charge is 2.40. The summed E-state index contributed by atoms with van der Waals surface area (Å²) in [5.74, 6) is 0. The van der Waals surface area contributed by atoms with Crippen LogP contribution in [0.4, 0.5) is 0 Å². The highest BCUT2D eigenvalue weighted by atomic mass is 16.5. The average Bonchev–Trinajstić information content (AvgIpc) is 2.51. The summed E-state index contributed by atoms with van der Waals surface area (Å²) in [6.07, 6.45) is 9.59. The molecule has 1 aliphatic carbocycles. The molecule has 2 heteroatoms. The van der Waals surface area contributed by atoms with Crippen molar-refractivity contribution in [3.63, 3.8) is 0 Å². The van der Waals surface area contributed by atoms with Crippen molar-refractivity contribution < 1.29 is 4.74 Å². The molecule has 0 amide bonds. The van der Waals surface area contributed by atoms with Gasteiger partial charge in [-0.15, -0.1) is 0 Å². The van der Waals surface area contributed by atoms with E-state index in [1.807, 2.05) is 0 Å². The summed E-state index contributed by atoms with van der Waals surface area (Å²) in [6, 6.07) is 2.21. The summed E-state index contributed by atoms with van der Waals surface area (Å²) in [5, 5.41) is 8.58. The molecule has 1 saturated carbocycles. The first-order valence-electron chi connectivity index (χ1n) is 5.39. The molecule has 2 aliphatic rings. The topological polar surface area (TPSA) is 33.0 Å². The predicted octanol–water partition coefficient (Wildman–Crippen LogP) is 2.78. The van der Waals surface area contributed by atoms with Gasteiger partial charge in [-0.25, -0.2) is 0 Å². The predicted molar refractivity (Wildman–Crippen MR) is 50.2 cm³/mol. The third-order valence-corrected chi connectivity index (χ3v) is 3.42. The van der Waals surface area contributed by atoms with Gasteiger partial charge in [-0.2, -0.15) is 5.26 Å². The Kier molecular flexibility index (Phi) is 2.55. The van der Waals surface area contributed by atoms with Crippen molar-refractivity contribution in [1.29, 1.82) is 5.26 Å². The van der Waals surface area contributed by atoms with Gasteiger partial charge < -0.3 is 4.74 Å². The van der Waals surface area contributed by atoms with E-state index in [4.69, 9.17) is 10.00 Å². The minimum absolute atomic E-state index is 0.194. The van der Waals surface area contributed by atoms with Gasteiger partial charge in [0.15, 0.2) is 0 Å². The molecule has 0 bridgehead atoms. The molecule has 0 radical (unpaired) electrons. The molecule has 1 aliphatic heterocycles. The average molecular weight is 179 g/mol. The second-order valence-corrected chi connectivity index (χ2v) is 4.38. The van der Waals surface area contributed by atoms with Crippen molar-refractivity contribution >= 4 is 0 Å². The van der Waals surface area contributed by atoms with E-state index >= 15 is 0 Å². The van der Waals surface area contributed by atoms with E-state index in [0.29, 0.717) is 6.42 Å². The Hall–Kier alpha value is -0.550. The fourth-order valence-corrected chi connectivity index (χ4v) is 2.70. The second-order valence-electron chi connectivity index (χ2n) is 4.38. The first kappa shape index (κ1) is 9.02. The van der Waals surface area contributed by atoms with Gasteiger partial charge in [0.25, 0.3) is 0 Å². The van der Waals surface area contributed by atoms with Gasteiger partial charge in [-0.05, 0) is 25.7 Å². The molecule has 1 spiro atoms. The van der Waals surface area contributed by atoms with Crippen LogP contribution < -0.4 is 0 Å². The minimum atomic E-state index is 0.194. The van der Waals surface area contributed by atoms with Crippen molar-refractivity contribution in [3.8, 4) is 6.07 Å². The third-order valence-electron chi connectivity index (χ3n) is 3.42. The summed E-state index contributed by atoms with van der Waals surface area (Å²) < 4.78 is 6.01. The van der Waals surface area contributed by atoms with Crippen LogP contribution in [-0.2, 0) is 4.74 Å². The lowest BCUT2D eigenvalue weighted by Crippen LogP contribution is -2.31. The SMILES string of the molecule is N#CCC1CCC2(CCCCC2)O1. The highest BCUT2D eigenvalue weighted by Crippen LogP contribution is 2.42. The van der Waals surface area contributed by atoms with Crippen molar-refractivity contribution in [2.75, 3.05) is 0 Å². The Morgan fingerprint density at radius 3 is 2.69 bits per heavy atom.